The lowest BCUT2D eigenvalue weighted by Gasteiger charge is -2.31. The zero-order chi connectivity index (χ0) is 18.4. The Bertz CT molecular complexity index is 790. The van der Waals surface area contributed by atoms with Gasteiger partial charge < -0.3 is 4.74 Å². The molecule has 1 heterocycles. The van der Waals surface area contributed by atoms with Gasteiger partial charge in [-0.25, -0.2) is 0 Å². The van der Waals surface area contributed by atoms with Gasteiger partial charge in [-0.15, -0.1) is 0 Å². The maximum absolute atomic E-state index is 12.6. The minimum absolute atomic E-state index is 0.274. The molecule has 1 aliphatic rings. The molecule has 1 atom stereocenters. The van der Waals surface area contributed by atoms with Crippen molar-refractivity contribution in [1.29, 1.82) is 0 Å². The van der Waals surface area contributed by atoms with Crippen molar-refractivity contribution in [2.75, 3.05) is 26.8 Å². The van der Waals surface area contributed by atoms with Crippen molar-refractivity contribution in [3.8, 4) is 11.1 Å². The maximum atomic E-state index is 12.6. The number of nitrogens with zero attached hydrogens (tertiary/aromatic N) is 1. The molecule has 2 aromatic rings. The average molecular weight is 375 g/mol. The van der Waals surface area contributed by atoms with Crippen LogP contribution in [0.5, 0.6) is 0 Å². The van der Waals surface area contributed by atoms with Gasteiger partial charge in [0.15, 0.2) is 0 Å². The van der Waals surface area contributed by atoms with E-state index in [9.17, 15) is 8.42 Å². The van der Waals surface area contributed by atoms with Gasteiger partial charge in [-0.2, -0.15) is 17.4 Å². The molecule has 2 aromatic carbocycles. The molecule has 0 radical (unpaired) electrons. The van der Waals surface area contributed by atoms with Crippen LogP contribution < -0.4 is 4.72 Å². The second-order valence-electron chi connectivity index (χ2n) is 6.71. The smallest absolute Gasteiger partial charge is 0.279 e. The molecule has 140 valence electrons. The highest BCUT2D eigenvalue weighted by molar-refractivity contribution is 7.87. The van der Waals surface area contributed by atoms with Crippen LogP contribution in [-0.4, -0.2) is 39.5 Å². The molecular weight excluding hydrogens is 348 g/mol. The quantitative estimate of drug-likeness (QED) is 0.810. The molecule has 1 saturated heterocycles. The van der Waals surface area contributed by atoms with Crippen LogP contribution in [0.4, 0.5) is 0 Å². The van der Waals surface area contributed by atoms with Crippen LogP contribution in [-0.2, 0) is 21.5 Å². The number of methoxy groups -OCH3 is 1. The van der Waals surface area contributed by atoms with Crippen LogP contribution in [0.3, 0.4) is 0 Å². The van der Waals surface area contributed by atoms with E-state index in [1.807, 2.05) is 42.5 Å². The highest BCUT2D eigenvalue weighted by Gasteiger charge is 2.28. The fraction of sp³-hybridized carbons (Fsp3) is 0.400. The molecule has 0 saturated carbocycles. The normalized spacial score (nSPS) is 18.7. The summed E-state index contributed by atoms with van der Waals surface area (Å²) in [5, 5.41) is 0. The summed E-state index contributed by atoms with van der Waals surface area (Å²) < 4.78 is 34.6. The number of hydrogen-bond acceptors (Lipinski definition) is 3. The highest BCUT2D eigenvalue weighted by atomic mass is 32.2. The van der Waals surface area contributed by atoms with Crippen LogP contribution in [0.1, 0.15) is 18.4 Å². The van der Waals surface area contributed by atoms with Crippen LogP contribution in [0.2, 0.25) is 0 Å². The molecule has 26 heavy (non-hydrogen) atoms. The Balaban J connectivity index is 1.59. The lowest BCUT2D eigenvalue weighted by Crippen LogP contribution is -2.46. The van der Waals surface area contributed by atoms with Gasteiger partial charge in [0.25, 0.3) is 10.2 Å². The molecular formula is C20H26N2O3S. The van der Waals surface area contributed by atoms with Crippen LogP contribution in [0, 0.1) is 5.92 Å². The predicted octanol–water partition coefficient (Wildman–Crippen LogP) is 3.05. The van der Waals surface area contributed by atoms with Gasteiger partial charge in [-0.05, 0) is 35.4 Å². The van der Waals surface area contributed by atoms with E-state index >= 15 is 0 Å². The largest absolute Gasteiger partial charge is 0.384 e. The van der Waals surface area contributed by atoms with E-state index in [4.69, 9.17) is 4.74 Å². The van der Waals surface area contributed by atoms with E-state index in [0.717, 1.165) is 29.5 Å². The molecule has 1 N–H and O–H groups in total. The summed E-state index contributed by atoms with van der Waals surface area (Å²) in [6, 6.07) is 18.1. The molecule has 0 aliphatic carbocycles. The molecule has 0 spiro atoms. The Morgan fingerprint density at radius 3 is 2.46 bits per heavy atom. The van der Waals surface area contributed by atoms with Crippen LogP contribution in [0.15, 0.2) is 54.6 Å². The van der Waals surface area contributed by atoms with Crippen molar-refractivity contribution in [1.82, 2.24) is 9.03 Å². The van der Waals surface area contributed by atoms with Gasteiger partial charge in [-0.3, -0.25) is 0 Å². The number of rotatable bonds is 7. The molecule has 0 amide bonds. The first kappa shape index (κ1) is 19.0. The number of benzene rings is 2. The third-order valence-electron chi connectivity index (χ3n) is 4.74. The van der Waals surface area contributed by atoms with E-state index in [0.29, 0.717) is 26.2 Å². The fourth-order valence-electron chi connectivity index (χ4n) is 3.33. The first-order valence-electron chi connectivity index (χ1n) is 8.96. The van der Waals surface area contributed by atoms with Crippen molar-refractivity contribution >= 4 is 10.2 Å². The van der Waals surface area contributed by atoms with Crippen molar-refractivity contribution < 1.29 is 13.2 Å². The Labute approximate surface area is 156 Å². The first-order chi connectivity index (χ1) is 12.6. The molecule has 1 fully saturated rings. The zero-order valence-electron chi connectivity index (χ0n) is 15.1. The van der Waals surface area contributed by atoms with Gasteiger partial charge in [-0.1, -0.05) is 54.6 Å². The van der Waals surface area contributed by atoms with Gasteiger partial charge >= 0.3 is 0 Å². The van der Waals surface area contributed by atoms with E-state index in [2.05, 4.69) is 16.9 Å². The summed E-state index contributed by atoms with van der Waals surface area (Å²) in [5.74, 6) is 0.274. The Hall–Kier alpha value is -1.73. The summed E-state index contributed by atoms with van der Waals surface area (Å²) in [6.45, 7) is 1.99. The van der Waals surface area contributed by atoms with E-state index in [1.54, 1.807) is 11.4 Å². The molecule has 1 unspecified atom stereocenters. The third kappa shape index (κ3) is 4.92. The Morgan fingerprint density at radius 2 is 1.77 bits per heavy atom. The lowest BCUT2D eigenvalue weighted by molar-refractivity contribution is 0.118. The molecule has 0 bridgehead atoms. The van der Waals surface area contributed by atoms with Gasteiger partial charge in [0.05, 0.1) is 6.61 Å². The van der Waals surface area contributed by atoms with Crippen molar-refractivity contribution in [2.24, 2.45) is 5.92 Å². The topological polar surface area (TPSA) is 58.6 Å². The fourth-order valence-corrected chi connectivity index (χ4v) is 4.64. The monoisotopic (exact) mass is 374 g/mol. The lowest BCUT2D eigenvalue weighted by atomic mass is 10.0. The van der Waals surface area contributed by atoms with E-state index < -0.39 is 10.2 Å². The minimum Gasteiger partial charge on any atom is -0.384 e. The maximum Gasteiger partial charge on any atom is 0.279 e. The molecule has 6 heteroatoms. The Morgan fingerprint density at radius 1 is 1.08 bits per heavy atom. The van der Waals surface area contributed by atoms with Crippen molar-refractivity contribution in [2.45, 2.75) is 19.4 Å². The second-order valence-corrected chi connectivity index (χ2v) is 8.47. The first-order valence-corrected chi connectivity index (χ1v) is 10.4. The van der Waals surface area contributed by atoms with Crippen LogP contribution in [0.25, 0.3) is 11.1 Å². The van der Waals surface area contributed by atoms with E-state index in [1.165, 1.54) is 0 Å². The number of nitrogens with one attached hydrogen (secondary N) is 1. The third-order valence-corrected chi connectivity index (χ3v) is 6.26. The summed E-state index contributed by atoms with van der Waals surface area (Å²) in [5.41, 5.74) is 3.21. The standard InChI is InChI=1S/C20H26N2O3S/c1-25-16-18-6-5-13-22(15-18)26(23,24)21-14-17-9-11-20(12-10-17)19-7-3-2-4-8-19/h2-4,7-12,18,21H,5-6,13-16H2,1H3. The minimum atomic E-state index is -3.47. The summed E-state index contributed by atoms with van der Waals surface area (Å²) >= 11 is 0. The molecule has 1 aliphatic heterocycles. The molecule has 0 aromatic heterocycles. The predicted molar refractivity (Wildman–Crippen MR) is 104 cm³/mol. The number of ether oxygens (including phenoxy) is 1. The van der Waals surface area contributed by atoms with E-state index in [-0.39, 0.29) is 5.92 Å². The Kier molecular flexibility index (Phi) is 6.43. The van der Waals surface area contributed by atoms with Gasteiger partial charge in [0.1, 0.15) is 0 Å². The zero-order valence-corrected chi connectivity index (χ0v) is 15.9. The molecule has 3 rings (SSSR count). The van der Waals surface area contributed by atoms with Gasteiger partial charge in [0.2, 0.25) is 0 Å². The molecule has 5 nitrogen and oxygen atoms in total. The van der Waals surface area contributed by atoms with Crippen molar-refractivity contribution in [3.63, 3.8) is 0 Å². The number of hydrogen-bond donors (Lipinski definition) is 1. The van der Waals surface area contributed by atoms with Crippen LogP contribution >= 0.6 is 0 Å². The highest BCUT2D eigenvalue weighted by Crippen LogP contribution is 2.20. The summed E-state index contributed by atoms with van der Waals surface area (Å²) in [6.07, 6.45) is 1.89. The average Bonchev–Trinajstić information content (AvgIpc) is 2.68. The second kappa shape index (κ2) is 8.77. The summed E-state index contributed by atoms with van der Waals surface area (Å²) in [4.78, 5) is 0. The van der Waals surface area contributed by atoms with Gasteiger partial charge in [0, 0.05) is 26.7 Å². The van der Waals surface area contributed by atoms with Crippen molar-refractivity contribution in [3.05, 3.63) is 60.2 Å². The number of piperidine rings is 1. The summed E-state index contributed by atoms with van der Waals surface area (Å²) in [7, 11) is -1.81. The SMILES string of the molecule is COCC1CCCN(S(=O)(=O)NCc2ccc(-c3ccccc3)cc2)C1.